The number of oxazole rings is 1. The molecule has 0 radical (unpaired) electrons. The third-order valence-electron chi connectivity index (χ3n) is 1.19. The van der Waals surface area contributed by atoms with Crippen LogP contribution in [0.4, 0.5) is 0 Å². The first kappa shape index (κ1) is 7.63. The summed E-state index contributed by atoms with van der Waals surface area (Å²) in [7, 11) is 0. The van der Waals surface area contributed by atoms with E-state index < -0.39 is 0 Å². The summed E-state index contributed by atoms with van der Waals surface area (Å²) in [4.78, 5) is 6.54. The van der Waals surface area contributed by atoms with Gasteiger partial charge in [-0.25, -0.2) is 4.98 Å². The van der Waals surface area contributed by atoms with E-state index in [2.05, 4.69) is 15.0 Å². The molecule has 0 spiro atoms. The van der Waals surface area contributed by atoms with Crippen molar-refractivity contribution in [3.05, 3.63) is 28.3 Å². The van der Waals surface area contributed by atoms with Gasteiger partial charge in [0.25, 0.3) is 0 Å². The van der Waals surface area contributed by atoms with Gasteiger partial charge in [-0.05, 0) is 5.53 Å². The lowest BCUT2D eigenvalue weighted by Crippen LogP contribution is -1.74. The van der Waals surface area contributed by atoms with Crippen molar-refractivity contribution in [1.29, 1.82) is 0 Å². The maximum absolute atomic E-state index is 7.99. The smallest absolute Gasteiger partial charge is 0.194 e. The molecule has 0 fully saturated rings. The maximum Gasteiger partial charge on any atom is 0.194 e. The molecule has 5 nitrogen and oxygen atoms in total. The predicted octanol–water partition coefficient (Wildman–Crippen LogP) is 2.05. The van der Waals surface area contributed by atoms with Crippen molar-refractivity contribution in [2.24, 2.45) is 5.11 Å². The van der Waals surface area contributed by atoms with Crippen molar-refractivity contribution in [2.45, 2.75) is 19.9 Å². The Morgan fingerprint density at radius 1 is 1.82 bits per heavy atom. The van der Waals surface area contributed by atoms with Gasteiger partial charge in [-0.2, -0.15) is 0 Å². The van der Waals surface area contributed by atoms with Crippen LogP contribution in [0.1, 0.15) is 18.6 Å². The van der Waals surface area contributed by atoms with Gasteiger partial charge in [0, 0.05) is 11.3 Å². The van der Waals surface area contributed by atoms with Crippen LogP contribution in [0.25, 0.3) is 10.4 Å². The second kappa shape index (κ2) is 3.63. The van der Waals surface area contributed by atoms with E-state index in [9.17, 15) is 0 Å². The Balaban J connectivity index is 2.64. The average molecular weight is 152 g/mol. The van der Waals surface area contributed by atoms with Crippen LogP contribution in [0.2, 0.25) is 0 Å². The lowest BCUT2D eigenvalue weighted by atomic mass is 10.5. The highest BCUT2D eigenvalue weighted by molar-refractivity contribution is 4.93. The van der Waals surface area contributed by atoms with Crippen LogP contribution < -0.4 is 0 Å². The van der Waals surface area contributed by atoms with Gasteiger partial charge in [0.2, 0.25) is 0 Å². The minimum absolute atomic E-state index is 0.240. The summed E-state index contributed by atoms with van der Waals surface area (Å²) < 4.78 is 5.16. The van der Waals surface area contributed by atoms with E-state index in [0.29, 0.717) is 11.7 Å². The summed E-state index contributed by atoms with van der Waals surface area (Å²) in [5, 5.41) is 3.34. The van der Waals surface area contributed by atoms with Crippen molar-refractivity contribution in [1.82, 2.24) is 4.98 Å². The van der Waals surface area contributed by atoms with E-state index in [1.165, 1.54) is 0 Å². The van der Waals surface area contributed by atoms with E-state index >= 15 is 0 Å². The molecule has 58 valence electrons. The summed E-state index contributed by atoms with van der Waals surface area (Å²) in [6, 6.07) is 0. The van der Waals surface area contributed by atoms with Crippen molar-refractivity contribution in [2.75, 3.05) is 0 Å². The first-order valence-electron chi connectivity index (χ1n) is 3.31. The van der Waals surface area contributed by atoms with Gasteiger partial charge in [-0.15, -0.1) is 0 Å². The number of rotatable bonds is 3. The minimum atomic E-state index is 0.240. The highest BCUT2D eigenvalue weighted by Crippen LogP contribution is 2.04. The van der Waals surface area contributed by atoms with Gasteiger partial charge in [0.1, 0.15) is 5.76 Å². The number of azide groups is 1. The molecule has 0 N–H and O–H groups in total. The second-order valence-corrected chi connectivity index (χ2v) is 1.96. The molecule has 5 heteroatoms. The molecule has 1 aromatic rings. The van der Waals surface area contributed by atoms with Gasteiger partial charge in [0.05, 0.1) is 12.7 Å². The third-order valence-corrected chi connectivity index (χ3v) is 1.19. The largest absolute Gasteiger partial charge is 0.446 e. The quantitative estimate of drug-likeness (QED) is 0.377. The molecule has 0 bridgehead atoms. The molecule has 11 heavy (non-hydrogen) atoms. The second-order valence-electron chi connectivity index (χ2n) is 1.96. The molecule has 0 amide bonds. The average Bonchev–Trinajstić information content (AvgIpc) is 2.48. The van der Waals surface area contributed by atoms with Gasteiger partial charge in [-0.1, -0.05) is 12.0 Å². The summed E-state index contributed by atoms with van der Waals surface area (Å²) in [5.74, 6) is 1.28. The Bertz CT molecular complexity index is 274. The normalized spacial score (nSPS) is 9.18. The van der Waals surface area contributed by atoms with Crippen LogP contribution in [-0.4, -0.2) is 4.98 Å². The van der Waals surface area contributed by atoms with Gasteiger partial charge < -0.3 is 4.42 Å². The van der Waals surface area contributed by atoms with Crippen LogP contribution in [0.15, 0.2) is 15.7 Å². The first-order valence-corrected chi connectivity index (χ1v) is 3.31. The predicted molar refractivity (Wildman–Crippen MR) is 38.7 cm³/mol. The standard InChI is InChI=1S/C6H8N4O/c1-2-6-8-3-5(11-6)4-9-10-7/h3H,2,4H2,1H3. The van der Waals surface area contributed by atoms with Gasteiger partial charge in [-0.3, -0.25) is 0 Å². The summed E-state index contributed by atoms with van der Waals surface area (Å²) in [6.07, 6.45) is 2.34. The molecule has 1 aromatic heterocycles. The van der Waals surface area contributed by atoms with Crippen molar-refractivity contribution >= 4 is 0 Å². The van der Waals surface area contributed by atoms with E-state index in [1.54, 1.807) is 6.20 Å². The summed E-state index contributed by atoms with van der Waals surface area (Å²) in [5.41, 5.74) is 7.99. The molecule has 0 aliphatic carbocycles. The van der Waals surface area contributed by atoms with Crippen molar-refractivity contribution in [3.8, 4) is 0 Å². The fourth-order valence-corrected chi connectivity index (χ4v) is 0.686. The molecule has 0 saturated carbocycles. The fourth-order valence-electron chi connectivity index (χ4n) is 0.686. The van der Waals surface area contributed by atoms with Crippen LogP contribution >= 0.6 is 0 Å². The van der Waals surface area contributed by atoms with E-state index in [-0.39, 0.29) is 6.54 Å². The molecular weight excluding hydrogens is 144 g/mol. The molecule has 0 aliphatic heterocycles. The lowest BCUT2D eigenvalue weighted by molar-refractivity contribution is 0.461. The fraction of sp³-hybridized carbons (Fsp3) is 0.500. The molecule has 1 heterocycles. The first-order chi connectivity index (χ1) is 5.36. The zero-order valence-electron chi connectivity index (χ0n) is 6.19. The van der Waals surface area contributed by atoms with Crippen LogP contribution in [0.3, 0.4) is 0 Å². The van der Waals surface area contributed by atoms with Crippen molar-refractivity contribution in [3.63, 3.8) is 0 Å². The van der Waals surface area contributed by atoms with E-state index in [0.717, 1.165) is 6.42 Å². The Labute approximate surface area is 63.7 Å². The molecule has 0 atom stereocenters. The summed E-state index contributed by atoms with van der Waals surface area (Å²) >= 11 is 0. The van der Waals surface area contributed by atoms with E-state index in [4.69, 9.17) is 9.95 Å². The lowest BCUT2D eigenvalue weighted by Gasteiger charge is -1.84. The molecule has 0 aliphatic rings. The van der Waals surface area contributed by atoms with Gasteiger partial charge in [0.15, 0.2) is 5.89 Å². The van der Waals surface area contributed by atoms with Gasteiger partial charge >= 0.3 is 0 Å². The molecule has 0 saturated heterocycles. The Kier molecular flexibility index (Phi) is 2.52. The molecule has 0 aromatic carbocycles. The number of hydrogen-bond acceptors (Lipinski definition) is 3. The molecular formula is C6H8N4O. The minimum Gasteiger partial charge on any atom is -0.446 e. The molecule has 1 rings (SSSR count). The third kappa shape index (κ3) is 1.98. The highest BCUT2D eigenvalue weighted by atomic mass is 16.4. The SMILES string of the molecule is CCc1ncc(CN=[N+]=[N-])o1. The number of nitrogens with zero attached hydrogens (tertiary/aromatic N) is 4. The number of aryl methyl sites for hydroxylation is 1. The van der Waals surface area contributed by atoms with Crippen molar-refractivity contribution < 1.29 is 4.42 Å². The topological polar surface area (TPSA) is 74.8 Å². The zero-order chi connectivity index (χ0) is 8.10. The summed E-state index contributed by atoms with van der Waals surface area (Å²) in [6.45, 7) is 2.19. The van der Waals surface area contributed by atoms with E-state index in [1.807, 2.05) is 6.92 Å². The highest BCUT2D eigenvalue weighted by Gasteiger charge is 1.98. The Morgan fingerprint density at radius 3 is 3.18 bits per heavy atom. The monoisotopic (exact) mass is 152 g/mol. The molecule has 0 unspecified atom stereocenters. The van der Waals surface area contributed by atoms with Crippen LogP contribution in [0.5, 0.6) is 0 Å². The number of aromatic nitrogens is 1. The van der Waals surface area contributed by atoms with Crippen LogP contribution in [-0.2, 0) is 13.0 Å². The number of hydrogen-bond donors (Lipinski definition) is 0. The Morgan fingerprint density at radius 2 is 2.64 bits per heavy atom. The Hall–Kier alpha value is -1.48. The maximum atomic E-state index is 7.99. The van der Waals surface area contributed by atoms with Crippen LogP contribution in [0, 0.1) is 0 Å². The zero-order valence-corrected chi connectivity index (χ0v) is 6.19.